The number of nitrogens with zero attached hydrogens (tertiary/aromatic N) is 3. The van der Waals surface area contributed by atoms with Crippen molar-refractivity contribution in [3.8, 4) is 0 Å². The standard InChI is InChI=1S/C10H11N3O/c1-6-4-8-5-11-7(2)12-9(8)10(14)13(6)3/h4-5H,1-3H3. The van der Waals surface area contributed by atoms with Crippen LogP contribution >= 0.6 is 0 Å². The lowest BCUT2D eigenvalue weighted by Gasteiger charge is -2.04. The number of pyridine rings is 1. The third kappa shape index (κ3) is 1.19. The Balaban J connectivity index is 2.99. The first-order chi connectivity index (χ1) is 6.59. The van der Waals surface area contributed by atoms with Crippen LogP contribution < -0.4 is 5.56 Å². The SMILES string of the molecule is Cc1ncc2cc(C)n(C)c(=O)c2n1. The molecular weight excluding hydrogens is 178 g/mol. The Labute approximate surface area is 81.2 Å². The van der Waals surface area contributed by atoms with Crippen molar-refractivity contribution in [1.82, 2.24) is 14.5 Å². The molecule has 0 N–H and O–H groups in total. The molecule has 0 unspecified atom stereocenters. The van der Waals surface area contributed by atoms with E-state index in [0.717, 1.165) is 11.1 Å². The van der Waals surface area contributed by atoms with E-state index in [0.29, 0.717) is 11.3 Å². The van der Waals surface area contributed by atoms with Gasteiger partial charge < -0.3 is 4.57 Å². The fraction of sp³-hybridized carbons (Fsp3) is 0.300. The van der Waals surface area contributed by atoms with Crippen LogP contribution in [0.1, 0.15) is 11.5 Å². The summed E-state index contributed by atoms with van der Waals surface area (Å²) in [6, 6.07) is 1.91. The summed E-state index contributed by atoms with van der Waals surface area (Å²) in [5.74, 6) is 0.624. The first-order valence-electron chi connectivity index (χ1n) is 4.39. The number of aromatic nitrogens is 3. The van der Waals surface area contributed by atoms with Gasteiger partial charge >= 0.3 is 0 Å². The molecule has 72 valence electrons. The minimum atomic E-state index is -0.0644. The summed E-state index contributed by atoms with van der Waals surface area (Å²) in [5.41, 5.74) is 1.34. The third-order valence-electron chi connectivity index (χ3n) is 2.34. The summed E-state index contributed by atoms with van der Waals surface area (Å²) in [4.78, 5) is 20.0. The molecule has 0 amide bonds. The van der Waals surface area contributed by atoms with E-state index in [1.165, 1.54) is 0 Å². The molecule has 0 radical (unpaired) electrons. The Morgan fingerprint density at radius 1 is 1.36 bits per heavy atom. The second kappa shape index (κ2) is 2.90. The Morgan fingerprint density at radius 3 is 2.79 bits per heavy atom. The van der Waals surface area contributed by atoms with Gasteiger partial charge in [-0.2, -0.15) is 0 Å². The number of hydrogen-bond acceptors (Lipinski definition) is 3. The summed E-state index contributed by atoms with van der Waals surface area (Å²) in [6.45, 7) is 3.67. The molecule has 0 saturated heterocycles. The third-order valence-corrected chi connectivity index (χ3v) is 2.34. The minimum Gasteiger partial charge on any atom is -0.314 e. The molecule has 4 heteroatoms. The van der Waals surface area contributed by atoms with Crippen molar-refractivity contribution in [2.24, 2.45) is 7.05 Å². The molecular formula is C10H11N3O. The Kier molecular flexibility index (Phi) is 1.84. The number of rotatable bonds is 0. The van der Waals surface area contributed by atoms with Gasteiger partial charge in [-0.3, -0.25) is 4.79 Å². The average Bonchev–Trinajstić information content (AvgIpc) is 2.16. The first-order valence-corrected chi connectivity index (χ1v) is 4.39. The molecule has 0 bridgehead atoms. The van der Waals surface area contributed by atoms with Crippen molar-refractivity contribution in [2.75, 3.05) is 0 Å². The van der Waals surface area contributed by atoms with Crippen LogP contribution in [-0.2, 0) is 7.05 Å². The van der Waals surface area contributed by atoms with Gasteiger partial charge in [-0.15, -0.1) is 0 Å². The van der Waals surface area contributed by atoms with E-state index in [2.05, 4.69) is 9.97 Å². The molecule has 0 spiro atoms. The lowest BCUT2D eigenvalue weighted by molar-refractivity contribution is 0.825. The summed E-state index contributed by atoms with van der Waals surface area (Å²) in [6.07, 6.45) is 1.69. The van der Waals surface area contributed by atoms with Crippen LogP contribution in [0.2, 0.25) is 0 Å². The molecule has 2 heterocycles. The lowest BCUT2D eigenvalue weighted by atomic mass is 10.2. The Bertz CT molecular complexity index is 557. The minimum absolute atomic E-state index is 0.0644. The van der Waals surface area contributed by atoms with Gasteiger partial charge in [0.15, 0.2) is 0 Å². The largest absolute Gasteiger partial charge is 0.314 e. The highest BCUT2D eigenvalue weighted by Crippen LogP contribution is 2.07. The van der Waals surface area contributed by atoms with Crippen LogP contribution in [0.5, 0.6) is 0 Å². The molecule has 2 aromatic heterocycles. The fourth-order valence-corrected chi connectivity index (χ4v) is 1.40. The highest BCUT2D eigenvalue weighted by atomic mass is 16.1. The van der Waals surface area contributed by atoms with E-state index in [1.54, 1.807) is 24.7 Å². The summed E-state index contributed by atoms with van der Waals surface area (Å²) >= 11 is 0. The maximum atomic E-state index is 11.8. The van der Waals surface area contributed by atoms with Crippen LogP contribution in [0.3, 0.4) is 0 Å². The smallest absolute Gasteiger partial charge is 0.277 e. The first kappa shape index (κ1) is 8.87. The zero-order chi connectivity index (χ0) is 10.3. The molecule has 0 aromatic carbocycles. The zero-order valence-electron chi connectivity index (χ0n) is 8.40. The molecule has 2 rings (SSSR count). The summed E-state index contributed by atoms with van der Waals surface area (Å²) < 4.78 is 1.59. The number of fused-ring (bicyclic) bond motifs is 1. The van der Waals surface area contributed by atoms with Crippen LogP contribution in [0.25, 0.3) is 10.9 Å². The van der Waals surface area contributed by atoms with Crippen molar-refractivity contribution >= 4 is 10.9 Å². The van der Waals surface area contributed by atoms with Gasteiger partial charge in [0.1, 0.15) is 11.3 Å². The van der Waals surface area contributed by atoms with Crippen molar-refractivity contribution < 1.29 is 0 Å². The van der Waals surface area contributed by atoms with Crippen molar-refractivity contribution in [3.05, 3.63) is 34.1 Å². The van der Waals surface area contributed by atoms with E-state index < -0.39 is 0 Å². The Hall–Kier alpha value is -1.71. The second-order valence-electron chi connectivity index (χ2n) is 3.37. The van der Waals surface area contributed by atoms with Crippen LogP contribution in [0.4, 0.5) is 0 Å². The Morgan fingerprint density at radius 2 is 2.07 bits per heavy atom. The lowest BCUT2D eigenvalue weighted by Crippen LogP contribution is -2.20. The van der Waals surface area contributed by atoms with E-state index in [9.17, 15) is 4.79 Å². The molecule has 0 aliphatic heterocycles. The second-order valence-corrected chi connectivity index (χ2v) is 3.37. The van der Waals surface area contributed by atoms with E-state index in [-0.39, 0.29) is 5.56 Å². The molecule has 0 aliphatic carbocycles. The van der Waals surface area contributed by atoms with Gasteiger partial charge in [0, 0.05) is 24.3 Å². The van der Waals surface area contributed by atoms with Gasteiger partial charge in [-0.25, -0.2) is 9.97 Å². The van der Waals surface area contributed by atoms with Crippen molar-refractivity contribution in [2.45, 2.75) is 13.8 Å². The summed E-state index contributed by atoms with van der Waals surface area (Å²) in [7, 11) is 1.74. The van der Waals surface area contributed by atoms with Gasteiger partial charge in [-0.05, 0) is 19.9 Å². The average molecular weight is 189 g/mol. The molecule has 0 saturated carbocycles. The normalized spacial score (nSPS) is 10.8. The molecule has 0 aliphatic rings. The molecule has 0 fully saturated rings. The highest BCUT2D eigenvalue weighted by molar-refractivity contribution is 5.76. The highest BCUT2D eigenvalue weighted by Gasteiger charge is 2.04. The van der Waals surface area contributed by atoms with E-state index in [1.807, 2.05) is 13.0 Å². The van der Waals surface area contributed by atoms with Crippen LogP contribution in [0.15, 0.2) is 17.1 Å². The monoisotopic (exact) mass is 189 g/mol. The molecule has 0 atom stereocenters. The van der Waals surface area contributed by atoms with Gasteiger partial charge in [0.05, 0.1) is 0 Å². The van der Waals surface area contributed by atoms with Gasteiger partial charge in [-0.1, -0.05) is 0 Å². The maximum Gasteiger partial charge on any atom is 0.277 e. The summed E-state index contributed by atoms with van der Waals surface area (Å²) in [5, 5.41) is 0.802. The number of hydrogen-bond donors (Lipinski definition) is 0. The van der Waals surface area contributed by atoms with Gasteiger partial charge in [0.2, 0.25) is 0 Å². The molecule has 4 nitrogen and oxygen atoms in total. The quantitative estimate of drug-likeness (QED) is 0.619. The number of aryl methyl sites for hydroxylation is 2. The predicted octanol–water partition coefficient (Wildman–Crippen LogP) is 0.945. The maximum absolute atomic E-state index is 11.8. The fourth-order valence-electron chi connectivity index (χ4n) is 1.40. The van der Waals surface area contributed by atoms with E-state index in [4.69, 9.17) is 0 Å². The molecule has 2 aromatic rings. The van der Waals surface area contributed by atoms with Crippen LogP contribution in [-0.4, -0.2) is 14.5 Å². The zero-order valence-corrected chi connectivity index (χ0v) is 8.40. The van der Waals surface area contributed by atoms with Crippen molar-refractivity contribution in [1.29, 1.82) is 0 Å². The predicted molar refractivity (Wildman–Crippen MR) is 54.3 cm³/mol. The topological polar surface area (TPSA) is 47.8 Å². The van der Waals surface area contributed by atoms with E-state index >= 15 is 0 Å². The van der Waals surface area contributed by atoms with Crippen LogP contribution in [0, 0.1) is 13.8 Å². The van der Waals surface area contributed by atoms with Gasteiger partial charge in [0.25, 0.3) is 5.56 Å². The molecule has 14 heavy (non-hydrogen) atoms. The van der Waals surface area contributed by atoms with Crippen molar-refractivity contribution in [3.63, 3.8) is 0 Å².